The zero-order chi connectivity index (χ0) is 26.1. The van der Waals surface area contributed by atoms with Crippen molar-refractivity contribution in [1.82, 2.24) is 9.80 Å². The van der Waals surface area contributed by atoms with Gasteiger partial charge in [-0.05, 0) is 61.1 Å². The zero-order valence-electron chi connectivity index (χ0n) is 20.5. The van der Waals surface area contributed by atoms with Gasteiger partial charge in [0.25, 0.3) is 5.91 Å². The Morgan fingerprint density at radius 1 is 1.08 bits per heavy atom. The molecule has 0 atom stereocenters. The number of carbonyl (C=O) groups excluding carboxylic acids is 3. The van der Waals surface area contributed by atoms with E-state index < -0.39 is 11.9 Å². The summed E-state index contributed by atoms with van der Waals surface area (Å²) in [5.41, 5.74) is 1.72. The van der Waals surface area contributed by atoms with Crippen molar-refractivity contribution in [1.29, 1.82) is 0 Å². The minimum absolute atomic E-state index is 0.209. The first-order valence-corrected chi connectivity index (χ1v) is 12.8. The molecule has 10 heteroatoms. The van der Waals surface area contributed by atoms with Crippen molar-refractivity contribution < 1.29 is 23.9 Å². The molecule has 0 saturated carbocycles. The van der Waals surface area contributed by atoms with Crippen LogP contribution in [0.2, 0.25) is 0 Å². The number of rotatable bonds is 11. The Labute approximate surface area is 220 Å². The molecule has 1 heterocycles. The van der Waals surface area contributed by atoms with Gasteiger partial charge in [-0.15, -0.1) is 0 Å². The fourth-order valence-electron chi connectivity index (χ4n) is 3.41. The fourth-order valence-corrected chi connectivity index (χ4v) is 4.67. The predicted molar refractivity (Wildman–Crippen MR) is 146 cm³/mol. The highest BCUT2D eigenvalue weighted by atomic mass is 32.2. The van der Waals surface area contributed by atoms with Crippen LogP contribution in [-0.2, 0) is 14.3 Å². The molecule has 190 valence electrons. The number of esters is 1. The SMILES string of the molecule is CCN(CC)CCOC(=O)c1ccc(NC(=O)CN2C(=O)C(=Cc3ccc(OC)cc3)SC2=S)cc1. The van der Waals surface area contributed by atoms with Crippen molar-refractivity contribution in [3.8, 4) is 5.75 Å². The highest BCUT2D eigenvalue weighted by molar-refractivity contribution is 8.26. The number of hydrogen-bond donors (Lipinski definition) is 1. The lowest BCUT2D eigenvalue weighted by Crippen LogP contribution is -2.36. The van der Waals surface area contributed by atoms with Crippen LogP contribution in [0.3, 0.4) is 0 Å². The van der Waals surface area contributed by atoms with E-state index in [1.807, 2.05) is 12.1 Å². The summed E-state index contributed by atoms with van der Waals surface area (Å²) in [6.45, 7) is 6.70. The molecule has 0 spiro atoms. The van der Waals surface area contributed by atoms with Gasteiger partial charge in [0, 0.05) is 12.2 Å². The quantitative estimate of drug-likeness (QED) is 0.266. The average Bonchev–Trinajstić information content (AvgIpc) is 3.14. The van der Waals surface area contributed by atoms with Crippen LogP contribution in [-0.4, -0.2) is 71.8 Å². The van der Waals surface area contributed by atoms with E-state index in [4.69, 9.17) is 21.7 Å². The molecule has 1 aliphatic rings. The van der Waals surface area contributed by atoms with Gasteiger partial charge >= 0.3 is 5.97 Å². The standard InChI is InChI=1S/C26H29N3O5S2/c1-4-28(5-2)14-15-34-25(32)19-8-10-20(11-9-19)27-23(30)17-29-24(31)22(36-26(29)35)16-18-6-12-21(33-3)13-7-18/h6-13,16H,4-5,14-15,17H2,1-3H3,(H,27,30). The van der Waals surface area contributed by atoms with Crippen molar-refractivity contribution in [2.75, 3.05) is 45.2 Å². The van der Waals surface area contributed by atoms with E-state index in [-0.39, 0.29) is 12.5 Å². The summed E-state index contributed by atoms with van der Waals surface area (Å²) in [5, 5.41) is 2.73. The summed E-state index contributed by atoms with van der Waals surface area (Å²) < 4.78 is 10.8. The highest BCUT2D eigenvalue weighted by Gasteiger charge is 2.33. The van der Waals surface area contributed by atoms with Gasteiger partial charge in [0.15, 0.2) is 0 Å². The summed E-state index contributed by atoms with van der Waals surface area (Å²) in [7, 11) is 1.59. The van der Waals surface area contributed by atoms with E-state index in [2.05, 4.69) is 24.1 Å². The summed E-state index contributed by atoms with van der Waals surface area (Å²) >= 11 is 6.47. The molecule has 1 aliphatic heterocycles. The average molecular weight is 528 g/mol. The Morgan fingerprint density at radius 2 is 1.75 bits per heavy atom. The van der Waals surface area contributed by atoms with Crippen molar-refractivity contribution in [3.63, 3.8) is 0 Å². The number of thioether (sulfide) groups is 1. The lowest BCUT2D eigenvalue weighted by molar-refractivity contribution is -0.126. The van der Waals surface area contributed by atoms with Crippen LogP contribution in [0.1, 0.15) is 29.8 Å². The molecule has 0 bridgehead atoms. The second-order valence-corrected chi connectivity index (χ2v) is 9.51. The van der Waals surface area contributed by atoms with Crippen LogP contribution in [0.15, 0.2) is 53.4 Å². The maximum atomic E-state index is 12.8. The Hall–Kier alpha value is -3.21. The number of carbonyl (C=O) groups is 3. The van der Waals surface area contributed by atoms with E-state index in [1.54, 1.807) is 49.6 Å². The third-order valence-corrected chi connectivity index (χ3v) is 6.91. The number of hydrogen-bond acceptors (Lipinski definition) is 8. The van der Waals surface area contributed by atoms with Crippen molar-refractivity contribution in [2.45, 2.75) is 13.8 Å². The van der Waals surface area contributed by atoms with Crippen molar-refractivity contribution in [2.24, 2.45) is 0 Å². The van der Waals surface area contributed by atoms with Gasteiger partial charge in [-0.2, -0.15) is 0 Å². The number of amides is 2. The second-order valence-electron chi connectivity index (χ2n) is 7.83. The molecule has 8 nitrogen and oxygen atoms in total. The minimum atomic E-state index is -0.416. The molecule has 2 aromatic rings. The molecule has 0 radical (unpaired) electrons. The molecule has 0 unspecified atom stereocenters. The van der Waals surface area contributed by atoms with Gasteiger partial charge in [0.1, 0.15) is 23.2 Å². The number of methoxy groups -OCH3 is 1. The van der Waals surface area contributed by atoms with Crippen molar-refractivity contribution in [3.05, 3.63) is 64.6 Å². The first kappa shape index (κ1) is 27.4. The van der Waals surface area contributed by atoms with E-state index in [0.717, 1.165) is 36.2 Å². The monoisotopic (exact) mass is 527 g/mol. The molecule has 1 saturated heterocycles. The summed E-state index contributed by atoms with van der Waals surface area (Å²) in [6.07, 6.45) is 1.73. The Morgan fingerprint density at radius 3 is 2.36 bits per heavy atom. The zero-order valence-corrected chi connectivity index (χ0v) is 22.1. The molecule has 2 amide bonds. The van der Waals surface area contributed by atoms with Crippen LogP contribution in [0, 0.1) is 0 Å². The normalized spacial score (nSPS) is 14.4. The molecule has 2 aromatic carbocycles. The molecular formula is C26H29N3O5S2. The van der Waals surface area contributed by atoms with Gasteiger partial charge < -0.3 is 19.7 Å². The Bertz CT molecular complexity index is 1130. The number of nitrogens with one attached hydrogen (secondary N) is 1. The second kappa shape index (κ2) is 13.2. The number of benzene rings is 2. The maximum absolute atomic E-state index is 12.8. The molecule has 36 heavy (non-hydrogen) atoms. The van der Waals surface area contributed by atoms with Gasteiger partial charge in [0.05, 0.1) is 17.6 Å². The van der Waals surface area contributed by atoms with Gasteiger partial charge in [0.2, 0.25) is 5.91 Å². The molecule has 0 aromatic heterocycles. The third kappa shape index (κ3) is 7.39. The number of nitrogens with zero attached hydrogens (tertiary/aromatic N) is 2. The number of anilines is 1. The lowest BCUT2D eigenvalue weighted by Gasteiger charge is -2.17. The highest BCUT2D eigenvalue weighted by Crippen LogP contribution is 2.32. The van der Waals surface area contributed by atoms with Gasteiger partial charge in [-0.25, -0.2) is 4.79 Å². The first-order chi connectivity index (χ1) is 17.3. The van der Waals surface area contributed by atoms with Crippen molar-refractivity contribution >= 4 is 57.8 Å². The fraction of sp³-hybridized carbons (Fsp3) is 0.308. The Kier molecular flexibility index (Phi) is 10.0. The van der Waals surface area contributed by atoms with Crippen LogP contribution in [0.4, 0.5) is 5.69 Å². The lowest BCUT2D eigenvalue weighted by atomic mass is 10.2. The van der Waals surface area contributed by atoms with E-state index in [1.165, 1.54) is 4.90 Å². The summed E-state index contributed by atoms with van der Waals surface area (Å²) in [5.74, 6) is -0.414. The Balaban J connectivity index is 1.53. The molecule has 1 fully saturated rings. The molecule has 0 aliphatic carbocycles. The van der Waals surface area contributed by atoms with Crippen LogP contribution in [0.5, 0.6) is 5.75 Å². The summed E-state index contributed by atoms with van der Waals surface area (Å²) in [4.78, 5) is 41.5. The topological polar surface area (TPSA) is 88.2 Å². The predicted octanol–water partition coefficient (Wildman–Crippen LogP) is 4.03. The molecule has 3 rings (SSSR count). The largest absolute Gasteiger partial charge is 0.497 e. The number of thiocarbonyl (C=S) groups is 1. The van der Waals surface area contributed by atoms with Crippen LogP contribution >= 0.6 is 24.0 Å². The third-order valence-electron chi connectivity index (χ3n) is 5.53. The number of ether oxygens (including phenoxy) is 2. The minimum Gasteiger partial charge on any atom is -0.497 e. The summed E-state index contributed by atoms with van der Waals surface area (Å²) in [6, 6.07) is 13.7. The van der Waals surface area contributed by atoms with E-state index in [9.17, 15) is 14.4 Å². The van der Waals surface area contributed by atoms with Crippen LogP contribution < -0.4 is 10.1 Å². The maximum Gasteiger partial charge on any atom is 0.338 e. The van der Waals surface area contributed by atoms with E-state index >= 15 is 0 Å². The van der Waals surface area contributed by atoms with E-state index in [0.29, 0.717) is 33.6 Å². The first-order valence-electron chi connectivity index (χ1n) is 11.5. The molecule has 1 N–H and O–H groups in total. The van der Waals surface area contributed by atoms with Gasteiger partial charge in [-0.1, -0.05) is 50.0 Å². The smallest absolute Gasteiger partial charge is 0.338 e. The molecular weight excluding hydrogens is 498 g/mol. The van der Waals surface area contributed by atoms with Gasteiger partial charge in [-0.3, -0.25) is 14.5 Å². The number of likely N-dealkylation sites (N-methyl/N-ethyl adjacent to an activating group) is 1. The van der Waals surface area contributed by atoms with Crippen LogP contribution in [0.25, 0.3) is 6.08 Å².